The number of hydrogen-bond donors (Lipinski definition) is 2. The van der Waals surface area contributed by atoms with Gasteiger partial charge in [-0.2, -0.15) is 0 Å². The highest BCUT2D eigenvalue weighted by Crippen LogP contribution is 2.36. The first-order valence-corrected chi connectivity index (χ1v) is 11.7. The smallest absolute Gasteiger partial charge is 0.271 e. The summed E-state index contributed by atoms with van der Waals surface area (Å²) in [6.45, 7) is 4.50. The molecule has 0 saturated carbocycles. The highest BCUT2D eigenvalue weighted by Gasteiger charge is 2.25. The van der Waals surface area contributed by atoms with Crippen molar-refractivity contribution in [2.45, 2.75) is 23.7 Å². The first-order valence-electron chi connectivity index (χ1n) is 8.96. The van der Waals surface area contributed by atoms with E-state index in [-0.39, 0.29) is 10.3 Å². The normalized spacial score (nSPS) is 20.0. The van der Waals surface area contributed by atoms with E-state index in [1.807, 2.05) is 19.1 Å². The molecule has 1 fully saturated rings. The molecule has 150 valence electrons. The number of ether oxygens (including phenoxy) is 2. The van der Waals surface area contributed by atoms with Crippen LogP contribution < -0.4 is 14.9 Å². The number of morpholine rings is 1. The van der Waals surface area contributed by atoms with Gasteiger partial charge < -0.3 is 19.7 Å². The van der Waals surface area contributed by atoms with Crippen molar-refractivity contribution in [2.75, 3.05) is 41.2 Å². The van der Waals surface area contributed by atoms with E-state index in [4.69, 9.17) is 21.7 Å². The third-order valence-electron chi connectivity index (χ3n) is 4.63. The fourth-order valence-corrected chi connectivity index (χ4v) is 5.68. The predicted octanol–water partition coefficient (Wildman–Crippen LogP) is 3.04. The average molecular weight is 440 g/mol. The van der Waals surface area contributed by atoms with Gasteiger partial charge in [0.1, 0.15) is 10.3 Å². The average Bonchev–Trinajstić information content (AvgIpc) is 3.15. The minimum atomic E-state index is -3.66. The fourth-order valence-electron chi connectivity index (χ4n) is 3.35. The van der Waals surface area contributed by atoms with Crippen LogP contribution in [0.5, 0.6) is 0 Å². The topological polar surface area (TPSA) is 79.9 Å². The quantitative estimate of drug-likeness (QED) is 0.709. The van der Waals surface area contributed by atoms with Crippen molar-refractivity contribution < 1.29 is 17.9 Å². The molecule has 28 heavy (non-hydrogen) atoms. The second kappa shape index (κ2) is 7.86. The van der Waals surface area contributed by atoms with Crippen LogP contribution in [0.3, 0.4) is 0 Å². The molecule has 0 aliphatic carbocycles. The van der Waals surface area contributed by atoms with Gasteiger partial charge in [0.05, 0.1) is 24.6 Å². The number of nitrogens with zero attached hydrogens (tertiary/aromatic N) is 1. The summed E-state index contributed by atoms with van der Waals surface area (Å²) in [7, 11) is -3.66. The Bertz CT molecular complexity index is 970. The lowest BCUT2D eigenvalue weighted by Gasteiger charge is -2.31. The lowest BCUT2D eigenvalue weighted by Crippen LogP contribution is -2.37. The van der Waals surface area contributed by atoms with Gasteiger partial charge in [-0.15, -0.1) is 11.3 Å². The summed E-state index contributed by atoms with van der Waals surface area (Å²) in [6, 6.07) is 7.15. The Morgan fingerprint density at radius 1 is 1.32 bits per heavy atom. The molecule has 2 aromatic rings. The number of nitrogens with one attached hydrogen (secondary N) is 2. The first-order chi connectivity index (χ1) is 13.4. The van der Waals surface area contributed by atoms with Gasteiger partial charge in [0.2, 0.25) is 0 Å². The Balaban J connectivity index is 1.77. The van der Waals surface area contributed by atoms with Crippen molar-refractivity contribution in [1.29, 1.82) is 0 Å². The third kappa shape index (κ3) is 4.09. The first kappa shape index (κ1) is 19.4. The largest absolute Gasteiger partial charge is 0.467 e. The van der Waals surface area contributed by atoms with Gasteiger partial charge in [-0.05, 0) is 48.3 Å². The lowest BCUT2D eigenvalue weighted by molar-refractivity contribution is 0.123. The monoisotopic (exact) mass is 439 g/mol. The van der Waals surface area contributed by atoms with Crippen LogP contribution in [-0.2, 0) is 25.9 Å². The second-order valence-corrected chi connectivity index (χ2v) is 9.94. The highest BCUT2D eigenvalue weighted by atomic mass is 32.2. The Hall–Kier alpha value is -1.88. The SMILES string of the molecule is CC1Cc2cc(NS(=O)(=O)c3cccs3)c(N3CCOCC3)cc2NC(=S)O1. The van der Waals surface area contributed by atoms with E-state index in [9.17, 15) is 8.42 Å². The van der Waals surface area contributed by atoms with Crippen LogP contribution >= 0.6 is 23.6 Å². The Morgan fingerprint density at radius 2 is 2.11 bits per heavy atom. The zero-order valence-corrected chi connectivity index (χ0v) is 17.8. The molecule has 0 spiro atoms. The summed E-state index contributed by atoms with van der Waals surface area (Å²) in [5, 5.41) is 5.20. The van der Waals surface area contributed by atoms with Crippen LogP contribution in [0.2, 0.25) is 0 Å². The van der Waals surface area contributed by atoms with Crippen molar-refractivity contribution in [3.8, 4) is 0 Å². The molecule has 1 aromatic heterocycles. The molecule has 0 radical (unpaired) electrons. The summed E-state index contributed by atoms with van der Waals surface area (Å²) in [4.78, 5) is 2.12. The van der Waals surface area contributed by atoms with Gasteiger partial charge in [0, 0.05) is 25.2 Å². The molecule has 2 aliphatic rings. The Morgan fingerprint density at radius 3 is 2.82 bits per heavy atom. The molecule has 3 heterocycles. The molecule has 1 atom stereocenters. The maximum absolute atomic E-state index is 12.8. The van der Waals surface area contributed by atoms with E-state index in [1.54, 1.807) is 17.5 Å². The zero-order chi connectivity index (χ0) is 19.7. The number of fused-ring (bicyclic) bond motifs is 1. The van der Waals surface area contributed by atoms with Gasteiger partial charge in [0.15, 0.2) is 0 Å². The summed E-state index contributed by atoms with van der Waals surface area (Å²) < 4.78 is 39.8. The highest BCUT2D eigenvalue weighted by molar-refractivity contribution is 7.94. The van der Waals surface area contributed by atoms with E-state index in [0.717, 1.165) is 16.9 Å². The van der Waals surface area contributed by atoms with Gasteiger partial charge in [-0.25, -0.2) is 8.42 Å². The summed E-state index contributed by atoms with van der Waals surface area (Å²) >= 11 is 6.43. The van der Waals surface area contributed by atoms with E-state index < -0.39 is 10.0 Å². The van der Waals surface area contributed by atoms with E-state index >= 15 is 0 Å². The van der Waals surface area contributed by atoms with Crippen LogP contribution in [-0.4, -0.2) is 46.0 Å². The molecular weight excluding hydrogens is 418 g/mol. The third-order valence-corrected chi connectivity index (χ3v) is 7.59. The number of benzene rings is 1. The summed E-state index contributed by atoms with van der Waals surface area (Å²) in [6.07, 6.45) is 0.525. The van der Waals surface area contributed by atoms with Gasteiger partial charge in [-0.1, -0.05) is 6.07 Å². The molecule has 1 saturated heterocycles. The van der Waals surface area contributed by atoms with Crippen molar-refractivity contribution in [3.63, 3.8) is 0 Å². The predicted molar refractivity (Wildman–Crippen MR) is 115 cm³/mol. The van der Waals surface area contributed by atoms with Gasteiger partial charge in [-0.3, -0.25) is 4.72 Å². The molecule has 2 aliphatic heterocycles. The van der Waals surface area contributed by atoms with E-state index in [2.05, 4.69) is 14.9 Å². The van der Waals surface area contributed by atoms with E-state index in [0.29, 0.717) is 43.6 Å². The Kier molecular flexibility index (Phi) is 5.46. The van der Waals surface area contributed by atoms with E-state index in [1.165, 1.54) is 11.3 Å². The van der Waals surface area contributed by atoms with Crippen molar-refractivity contribution in [1.82, 2.24) is 0 Å². The van der Waals surface area contributed by atoms with Crippen molar-refractivity contribution >= 4 is 55.8 Å². The van der Waals surface area contributed by atoms with Crippen LogP contribution in [0, 0.1) is 0 Å². The Labute approximate surface area is 173 Å². The summed E-state index contributed by atoms with van der Waals surface area (Å²) in [5.74, 6) is 0. The minimum absolute atomic E-state index is 0.0998. The standard InChI is InChI=1S/C18H21N3O4S3/c1-12-9-13-10-15(20-28(22,23)17-3-2-8-27-17)16(21-4-6-24-7-5-21)11-14(13)19-18(26)25-12/h2-3,8,10-12,20H,4-7,9H2,1H3,(H,19,26). The number of rotatable bonds is 4. The van der Waals surface area contributed by atoms with Gasteiger partial charge >= 0.3 is 0 Å². The lowest BCUT2D eigenvalue weighted by atomic mass is 10.0. The molecule has 1 aromatic carbocycles. The molecule has 4 rings (SSSR count). The molecule has 0 bridgehead atoms. The van der Waals surface area contributed by atoms with Crippen LogP contribution in [0.4, 0.5) is 17.1 Å². The molecule has 10 heteroatoms. The second-order valence-electron chi connectivity index (χ2n) is 6.71. The zero-order valence-electron chi connectivity index (χ0n) is 15.3. The molecular formula is C18H21N3O4S3. The molecule has 1 unspecified atom stereocenters. The maximum atomic E-state index is 12.8. The number of thiophene rings is 1. The number of sulfonamides is 1. The molecule has 2 N–H and O–H groups in total. The van der Waals surface area contributed by atoms with Gasteiger partial charge in [0.25, 0.3) is 15.2 Å². The van der Waals surface area contributed by atoms with Crippen LogP contribution in [0.25, 0.3) is 0 Å². The number of anilines is 3. The van der Waals surface area contributed by atoms with Crippen molar-refractivity contribution in [2.24, 2.45) is 0 Å². The van der Waals surface area contributed by atoms with Crippen LogP contribution in [0.15, 0.2) is 33.9 Å². The minimum Gasteiger partial charge on any atom is -0.467 e. The van der Waals surface area contributed by atoms with Crippen LogP contribution in [0.1, 0.15) is 12.5 Å². The van der Waals surface area contributed by atoms with Crippen molar-refractivity contribution in [3.05, 3.63) is 35.2 Å². The number of hydrogen-bond acceptors (Lipinski definition) is 7. The summed E-state index contributed by atoms with van der Waals surface area (Å²) in [5.41, 5.74) is 3.14. The maximum Gasteiger partial charge on any atom is 0.271 e. The molecule has 7 nitrogen and oxygen atoms in total. The molecule has 0 amide bonds. The number of thiocarbonyl (C=S) groups is 1. The fraction of sp³-hybridized carbons (Fsp3) is 0.389.